The highest BCUT2D eigenvalue weighted by Gasteiger charge is 2.18. The summed E-state index contributed by atoms with van der Waals surface area (Å²) in [5, 5.41) is 8.38. The molecule has 0 amide bonds. The second-order valence-electron chi connectivity index (χ2n) is 7.52. The van der Waals surface area contributed by atoms with Crippen LogP contribution >= 0.6 is 12.2 Å². The largest absolute Gasteiger partial charge is 0.494 e. The fraction of sp³-hybridized carbons (Fsp3) is 0.154. The Labute approximate surface area is 188 Å². The summed E-state index contributed by atoms with van der Waals surface area (Å²) in [4.78, 5) is 4.47. The zero-order valence-corrected chi connectivity index (χ0v) is 18.7. The van der Waals surface area contributed by atoms with Gasteiger partial charge in [0.25, 0.3) is 0 Å². The molecule has 0 radical (unpaired) electrons. The molecule has 0 spiro atoms. The zero-order chi connectivity index (χ0) is 21.8. The molecular formula is C26H25N3OS. The van der Waals surface area contributed by atoms with Gasteiger partial charge >= 0.3 is 0 Å². The summed E-state index contributed by atoms with van der Waals surface area (Å²) in [6.07, 6.45) is 1.76. The van der Waals surface area contributed by atoms with Crippen LogP contribution in [0.15, 0.2) is 79.0 Å². The molecular weight excluding hydrogens is 402 g/mol. The number of rotatable bonds is 5. The molecule has 3 aromatic carbocycles. The third-order valence-electron chi connectivity index (χ3n) is 5.35. The van der Waals surface area contributed by atoms with E-state index in [0.717, 1.165) is 27.9 Å². The smallest absolute Gasteiger partial charge is 0.171 e. The first-order valence-corrected chi connectivity index (χ1v) is 10.6. The Morgan fingerprint density at radius 3 is 2.52 bits per heavy atom. The third kappa shape index (κ3) is 4.52. The van der Waals surface area contributed by atoms with Crippen molar-refractivity contribution in [1.29, 1.82) is 0 Å². The van der Waals surface area contributed by atoms with Crippen LogP contribution in [0.2, 0.25) is 0 Å². The van der Waals surface area contributed by atoms with E-state index in [2.05, 4.69) is 59.8 Å². The second kappa shape index (κ2) is 9.14. The lowest BCUT2D eigenvalue weighted by molar-refractivity contribution is 0.419. The van der Waals surface area contributed by atoms with Gasteiger partial charge in [-0.05, 0) is 67.0 Å². The number of pyridine rings is 1. The van der Waals surface area contributed by atoms with Crippen molar-refractivity contribution < 1.29 is 4.74 Å². The predicted molar refractivity (Wildman–Crippen MR) is 132 cm³/mol. The first-order valence-electron chi connectivity index (χ1n) is 10.2. The summed E-state index contributed by atoms with van der Waals surface area (Å²) in [5.41, 5.74) is 6.50. The Hall–Kier alpha value is -3.44. The van der Waals surface area contributed by atoms with E-state index in [1.165, 1.54) is 16.7 Å². The summed E-state index contributed by atoms with van der Waals surface area (Å²) in [5.74, 6) is 0.734. The first kappa shape index (κ1) is 20.8. The van der Waals surface area contributed by atoms with Gasteiger partial charge in [-0.2, -0.15) is 0 Å². The van der Waals surface area contributed by atoms with Gasteiger partial charge in [0.05, 0.1) is 13.2 Å². The van der Waals surface area contributed by atoms with Gasteiger partial charge in [0.15, 0.2) is 5.11 Å². The van der Waals surface area contributed by atoms with Crippen molar-refractivity contribution in [2.24, 2.45) is 0 Å². The van der Waals surface area contributed by atoms with E-state index in [9.17, 15) is 0 Å². The van der Waals surface area contributed by atoms with Gasteiger partial charge < -0.3 is 15.4 Å². The lowest BCUT2D eigenvalue weighted by Crippen LogP contribution is -2.33. The van der Waals surface area contributed by atoms with Crippen LogP contribution in [-0.4, -0.2) is 17.2 Å². The molecule has 0 aliphatic carbocycles. The lowest BCUT2D eigenvalue weighted by atomic mass is 9.94. The average Bonchev–Trinajstić information content (AvgIpc) is 2.79. The van der Waals surface area contributed by atoms with Gasteiger partial charge in [0, 0.05) is 17.3 Å². The summed E-state index contributed by atoms with van der Waals surface area (Å²) < 4.78 is 5.45. The maximum absolute atomic E-state index is 5.73. The Morgan fingerprint density at radius 2 is 1.77 bits per heavy atom. The van der Waals surface area contributed by atoms with E-state index in [4.69, 9.17) is 17.0 Å². The van der Waals surface area contributed by atoms with Crippen LogP contribution in [0.1, 0.15) is 28.3 Å². The SMILES string of the molecule is COc1ccc(NC(=S)N[C@H](c2ccccc2)c2ccc(C)cc2C)c2cccnc12. The highest BCUT2D eigenvalue weighted by Crippen LogP contribution is 2.30. The number of hydrogen-bond acceptors (Lipinski definition) is 3. The number of anilines is 1. The highest BCUT2D eigenvalue weighted by atomic mass is 32.1. The molecule has 31 heavy (non-hydrogen) atoms. The predicted octanol–water partition coefficient (Wildman–Crippen LogP) is 5.94. The van der Waals surface area contributed by atoms with Crippen molar-refractivity contribution in [2.75, 3.05) is 12.4 Å². The molecule has 0 bridgehead atoms. The van der Waals surface area contributed by atoms with Gasteiger partial charge in [-0.25, -0.2) is 0 Å². The number of nitrogens with one attached hydrogen (secondary N) is 2. The molecule has 0 saturated carbocycles. The maximum atomic E-state index is 5.73. The Balaban J connectivity index is 1.65. The molecule has 0 unspecified atom stereocenters. The van der Waals surface area contributed by atoms with Crippen LogP contribution in [0.5, 0.6) is 5.75 Å². The molecule has 0 aliphatic heterocycles. The molecule has 1 heterocycles. The van der Waals surface area contributed by atoms with Crippen LogP contribution < -0.4 is 15.4 Å². The fourth-order valence-electron chi connectivity index (χ4n) is 3.85. The number of aryl methyl sites for hydroxylation is 2. The number of ether oxygens (including phenoxy) is 1. The second-order valence-corrected chi connectivity index (χ2v) is 7.93. The zero-order valence-electron chi connectivity index (χ0n) is 17.8. The van der Waals surface area contributed by atoms with E-state index >= 15 is 0 Å². The standard InChI is InChI=1S/C26H25N3OS/c1-17-11-12-20(18(2)16-17)24(19-8-5-4-6-9-19)29-26(31)28-22-13-14-23(30-3)25-21(22)10-7-15-27-25/h4-16,24H,1-3H3,(H2,28,29,31)/t24-/m1/s1. The molecule has 4 nitrogen and oxygen atoms in total. The number of fused-ring (bicyclic) bond motifs is 1. The molecule has 2 N–H and O–H groups in total. The number of benzene rings is 3. The summed E-state index contributed by atoms with van der Waals surface area (Å²) in [6.45, 7) is 4.25. The van der Waals surface area contributed by atoms with Crippen LogP contribution in [0.3, 0.4) is 0 Å². The topological polar surface area (TPSA) is 46.2 Å². The number of nitrogens with zero attached hydrogens (tertiary/aromatic N) is 1. The van der Waals surface area contributed by atoms with E-state index in [-0.39, 0.29) is 6.04 Å². The fourth-order valence-corrected chi connectivity index (χ4v) is 4.07. The van der Waals surface area contributed by atoms with E-state index in [0.29, 0.717) is 5.11 Å². The van der Waals surface area contributed by atoms with Gasteiger partial charge in [-0.1, -0.05) is 54.1 Å². The Kier molecular flexibility index (Phi) is 6.14. The molecule has 1 aromatic heterocycles. The van der Waals surface area contributed by atoms with Crippen LogP contribution in [0, 0.1) is 13.8 Å². The minimum absolute atomic E-state index is 0.0653. The van der Waals surface area contributed by atoms with Crippen molar-refractivity contribution >= 4 is 33.9 Å². The van der Waals surface area contributed by atoms with Crippen molar-refractivity contribution in [3.05, 3.63) is 101 Å². The molecule has 0 aliphatic rings. The van der Waals surface area contributed by atoms with Gasteiger partial charge in [0.1, 0.15) is 11.3 Å². The van der Waals surface area contributed by atoms with Gasteiger partial charge in [-0.15, -0.1) is 0 Å². The number of methoxy groups -OCH3 is 1. The monoisotopic (exact) mass is 427 g/mol. The minimum atomic E-state index is -0.0653. The van der Waals surface area contributed by atoms with Crippen molar-refractivity contribution in [2.45, 2.75) is 19.9 Å². The molecule has 1 atom stereocenters. The quantitative estimate of drug-likeness (QED) is 0.386. The van der Waals surface area contributed by atoms with Crippen LogP contribution in [0.25, 0.3) is 10.9 Å². The lowest BCUT2D eigenvalue weighted by Gasteiger charge is -2.24. The summed E-state index contributed by atoms with van der Waals surface area (Å²) in [7, 11) is 1.65. The maximum Gasteiger partial charge on any atom is 0.171 e. The van der Waals surface area contributed by atoms with Crippen molar-refractivity contribution in [3.63, 3.8) is 0 Å². The number of aromatic nitrogens is 1. The van der Waals surface area contributed by atoms with Crippen molar-refractivity contribution in [3.8, 4) is 5.75 Å². The number of thiocarbonyl (C=S) groups is 1. The van der Waals surface area contributed by atoms with Gasteiger partial charge in [-0.3, -0.25) is 4.98 Å². The Bertz CT molecular complexity index is 1220. The average molecular weight is 428 g/mol. The summed E-state index contributed by atoms with van der Waals surface area (Å²) >= 11 is 5.73. The van der Waals surface area contributed by atoms with Crippen LogP contribution in [-0.2, 0) is 0 Å². The first-order chi connectivity index (χ1) is 15.1. The molecule has 5 heteroatoms. The van der Waals surface area contributed by atoms with Gasteiger partial charge in [0.2, 0.25) is 0 Å². The van der Waals surface area contributed by atoms with E-state index in [1.807, 2.05) is 42.5 Å². The van der Waals surface area contributed by atoms with E-state index < -0.39 is 0 Å². The molecule has 4 aromatic rings. The van der Waals surface area contributed by atoms with Crippen molar-refractivity contribution in [1.82, 2.24) is 10.3 Å². The number of hydrogen-bond donors (Lipinski definition) is 2. The molecule has 0 fully saturated rings. The van der Waals surface area contributed by atoms with E-state index in [1.54, 1.807) is 13.3 Å². The normalized spacial score (nSPS) is 11.7. The molecule has 4 rings (SSSR count). The highest BCUT2D eigenvalue weighted by molar-refractivity contribution is 7.80. The molecule has 0 saturated heterocycles. The summed E-state index contributed by atoms with van der Waals surface area (Å²) in [6, 6.07) is 24.6. The Morgan fingerprint density at radius 1 is 0.968 bits per heavy atom. The van der Waals surface area contributed by atoms with Crippen LogP contribution in [0.4, 0.5) is 5.69 Å². The third-order valence-corrected chi connectivity index (χ3v) is 5.57. The molecule has 156 valence electrons. The minimum Gasteiger partial charge on any atom is -0.494 e.